The molecule has 108 valence electrons. The van der Waals surface area contributed by atoms with Crippen molar-refractivity contribution in [2.75, 3.05) is 26.0 Å². The predicted octanol–water partition coefficient (Wildman–Crippen LogP) is 1.37. The van der Waals surface area contributed by atoms with Crippen molar-refractivity contribution in [1.29, 1.82) is 0 Å². The van der Waals surface area contributed by atoms with E-state index < -0.39 is 10.0 Å². The highest BCUT2D eigenvalue weighted by molar-refractivity contribution is 7.89. The lowest BCUT2D eigenvalue weighted by molar-refractivity contribution is 0.249. The number of benzene rings is 1. The quantitative estimate of drug-likeness (QED) is 0.828. The van der Waals surface area contributed by atoms with Crippen LogP contribution in [0, 0.1) is 5.92 Å². The number of aliphatic hydroxyl groups excluding tert-OH is 1. The molecular weight excluding hydrogens is 264 g/mol. The summed E-state index contributed by atoms with van der Waals surface area (Å²) in [4.78, 5) is 0.221. The number of hydrogen-bond donors (Lipinski definition) is 2. The minimum absolute atomic E-state index is 0.0476. The van der Waals surface area contributed by atoms with Gasteiger partial charge < -0.3 is 10.4 Å². The molecule has 0 bridgehead atoms. The van der Waals surface area contributed by atoms with Crippen LogP contribution >= 0.6 is 0 Å². The van der Waals surface area contributed by atoms with Gasteiger partial charge in [-0.05, 0) is 18.1 Å². The summed E-state index contributed by atoms with van der Waals surface area (Å²) >= 11 is 0. The van der Waals surface area contributed by atoms with Crippen molar-refractivity contribution in [3.63, 3.8) is 0 Å². The number of anilines is 1. The van der Waals surface area contributed by atoms with Gasteiger partial charge in [0.2, 0.25) is 10.0 Å². The van der Waals surface area contributed by atoms with E-state index in [9.17, 15) is 13.5 Å². The summed E-state index contributed by atoms with van der Waals surface area (Å²) in [6.07, 6.45) is 0. The normalized spacial score (nSPS) is 13.8. The van der Waals surface area contributed by atoms with E-state index in [1.807, 2.05) is 13.8 Å². The Labute approximate surface area is 115 Å². The molecule has 1 atom stereocenters. The molecule has 1 aromatic rings. The monoisotopic (exact) mass is 286 g/mol. The minimum atomic E-state index is -3.50. The van der Waals surface area contributed by atoms with Gasteiger partial charge in [0.25, 0.3) is 0 Å². The van der Waals surface area contributed by atoms with Crippen LogP contribution in [0.2, 0.25) is 0 Å². The maximum absolute atomic E-state index is 12.2. The van der Waals surface area contributed by atoms with Gasteiger partial charge in [0.05, 0.1) is 18.3 Å². The summed E-state index contributed by atoms with van der Waals surface area (Å²) in [5.74, 6) is 0.195. The minimum Gasteiger partial charge on any atom is -0.394 e. The van der Waals surface area contributed by atoms with Crippen LogP contribution in [0.4, 0.5) is 5.69 Å². The van der Waals surface area contributed by atoms with Gasteiger partial charge in [-0.25, -0.2) is 12.7 Å². The van der Waals surface area contributed by atoms with Crippen molar-refractivity contribution in [1.82, 2.24) is 4.31 Å². The fourth-order valence-electron chi connectivity index (χ4n) is 1.63. The van der Waals surface area contributed by atoms with Crippen molar-refractivity contribution < 1.29 is 13.5 Å². The van der Waals surface area contributed by atoms with E-state index in [1.54, 1.807) is 24.3 Å². The lowest BCUT2D eigenvalue weighted by atomic mass is 10.1. The van der Waals surface area contributed by atoms with Crippen molar-refractivity contribution >= 4 is 15.7 Å². The third-order valence-corrected chi connectivity index (χ3v) is 4.86. The first-order valence-corrected chi connectivity index (χ1v) is 7.63. The number of rotatable bonds is 6. The maximum atomic E-state index is 12.2. The van der Waals surface area contributed by atoms with Crippen molar-refractivity contribution in [2.45, 2.75) is 24.8 Å². The lowest BCUT2D eigenvalue weighted by Crippen LogP contribution is -2.31. The predicted molar refractivity (Wildman–Crippen MR) is 76.6 cm³/mol. The molecule has 0 saturated heterocycles. The van der Waals surface area contributed by atoms with Crippen molar-refractivity contribution in [2.24, 2.45) is 5.92 Å². The van der Waals surface area contributed by atoms with Crippen LogP contribution in [0.1, 0.15) is 13.8 Å². The third kappa shape index (κ3) is 3.68. The molecule has 0 aliphatic heterocycles. The average Bonchev–Trinajstić information content (AvgIpc) is 2.35. The van der Waals surface area contributed by atoms with Gasteiger partial charge in [-0.3, -0.25) is 0 Å². The molecule has 0 fully saturated rings. The molecule has 0 aromatic heterocycles. The van der Waals surface area contributed by atoms with Crippen LogP contribution in [-0.4, -0.2) is 44.6 Å². The van der Waals surface area contributed by atoms with Crippen molar-refractivity contribution in [3.05, 3.63) is 24.3 Å². The second kappa shape index (κ2) is 6.36. The summed E-state index contributed by atoms with van der Waals surface area (Å²) < 4.78 is 25.6. The molecule has 0 aliphatic rings. The zero-order chi connectivity index (χ0) is 14.6. The molecule has 0 unspecified atom stereocenters. The number of nitrogens with zero attached hydrogens (tertiary/aromatic N) is 1. The van der Waals surface area contributed by atoms with Gasteiger partial charge in [-0.1, -0.05) is 26.0 Å². The zero-order valence-corrected chi connectivity index (χ0v) is 12.6. The summed E-state index contributed by atoms with van der Waals surface area (Å²) in [6, 6.07) is 6.54. The Morgan fingerprint density at radius 3 is 2.32 bits per heavy atom. The highest BCUT2D eigenvalue weighted by Gasteiger charge is 2.22. The van der Waals surface area contributed by atoms with Gasteiger partial charge in [0, 0.05) is 14.1 Å². The Kier molecular flexibility index (Phi) is 5.34. The molecule has 1 aromatic carbocycles. The first kappa shape index (κ1) is 15.9. The Morgan fingerprint density at radius 2 is 1.84 bits per heavy atom. The summed E-state index contributed by atoms with van der Waals surface area (Å²) in [6.45, 7) is 3.89. The van der Waals surface area contributed by atoms with Gasteiger partial charge in [-0.2, -0.15) is 0 Å². The molecule has 0 radical (unpaired) electrons. The number of hydrogen-bond acceptors (Lipinski definition) is 4. The van der Waals surface area contributed by atoms with Crippen LogP contribution in [0.25, 0.3) is 0 Å². The Morgan fingerprint density at radius 1 is 1.26 bits per heavy atom. The summed E-state index contributed by atoms with van der Waals surface area (Å²) in [5, 5.41) is 12.4. The second-order valence-corrected chi connectivity index (χ2v) is 7.08. The molecule has 0 amide bonds. The molecule has 0 aliphatic carbocycles. The number of para-hydroxylation sites is 1. The fourth-order valence-corrected chi connectivity index (χ4v) is 2.68. The molecule has 6 heteroatoms. The topological polar surface area (TPSA) is 69.6 Å². The molecular formula is C13H22N2O3S. The lowest BCUT2D eigenvalue weighted by Gasteiger charge is -2.23. The second-order valence-electron chi connectivity index (χ2n) is 4.96. The first-order chi connectivity index (χ1) is 8.80. The standard InChI is InChI=1S/C13H22N2O3S/c1-10(2)12(9-16)14-11-7-5-6-8-13(11)19(17,18)15(3)4/h5-8,10,12,14,16H,9H2,1-4H3/t12-/m1/s1. The van der Waals surface area contributed by atoms with Gasteiger partial charge in [-0.15, -0.1) is 0 Å². The van der Waals surface area contributed by atoms with Crippen LogP contribution in [-0.2, 0) is 10.0 Å². The van der Waals surface area contributed by atoms with E-state index in [1.165, 1.54) is 18.4 Å². The Hall–Kier alpha value is -1.11. The molecule has 0 saturated carbocycles. The Bertz CT molecular complexity index is 512. The van der Waals surface area contributed by atoms with E-state index in [2.05, 4.69) is 5.32 Å². The van der Waals surface area contributed by atoms with Gasteiger partial charge in [0.15, 0.2) is 0 Å². The highest BCUT2D eigenvalue weighted by atomic mass is 32.2. The molecule has 5 nitrogen and oxygen atoms in total. The van der Waals surface area contributed by atoms with E-state index in [-0.39, 0.29) is 23.5 Å². The molecule has 19 heavy (non-hydrogen) atoms. The first-order valence-electron chi connectivity index (χ1n) is 6.19. The smallest absolute Gasteiger partial charge is 0.244 e. The number of aliphatic hydroxyl groups is 1. The van der Waals surface area contributed by atoms with Crippen molar-refractivity contribution in [3.8, 4) is 0 Å². The van der Waals surface area contributed by atoms with Crippen LogP contribution in [0.15, 0.2) is 29.2 Å². The van der Waals surface area contributed by atoms with E-state index in [4.69, 9.17) is 0 Å². The maximum Gasteiger partial charge on any atom is 0.244 e. The van der Waals surface area contributed by atoms with E-state index in [0.717, 1.165) is 0 Å². The fraction of sp³-hybridized carbons (Fsp3) is 0.538. The zero-order valence-electron chi connectivity index (χ0n) is 11.8. The van der Waals surface area contributed by atoms with Gasteiger partial charge >= 0.3 is 0 Å². The Balaban J connectivity index is 3.17. The molecule has 0 heterocycles. The number of sulfonamides is 1. The molecule has 0 spiro atoms. The largest absolute Gasteiger partial charge is 0.394 e. The van der Waals surface area contributed by atoms with Gasteiger partial charge in [0.1, 0.15) is 4.90 Å². The van der Waals surface area contributed by atoms with Crippen LogP contribution in [0.5, 0.6) is 0 Å². The molecule has 2 N–H and O–H groups in total. The summed E-state index contributed by atoms with van der Waals surface area (Å²) in [7, 11) is -0.502. The number of nitrogens with one attached hydrogen (secondary N) is 1. The van der Waals surface area contributed by atoms with Crippen LogP contribution < -0.4 is 5.32 Å². The SMILES string of the molecule is CC(C)[C@@H](CO)Nc1ccccc1S(=O)(=O)N(C)C. The van der Waals surface area contributed by atoms with E-state index in [0.29, 0.717) is 5.69 Å². The van der Waals surface area contributed by atoms with Crippen LogP contribution in [0.3, 0.4) is 0 Å². The summed E-state index contributed by atoms with van der Waals surface area (Å²) in [5.41, 5.74) is 0.518. The third-order valence-electron chi connectivity index (χ3n) is 2.99. The molecule has 1 rings (SSSR count). The average molecular weight is 286 g/mol. The van der Waals surface area contributed by atoms with E-state index >= 15 is 0 Å². The highest BCUT2D eigenvalue weighted by Crippen LogP contribution is 2.24.